The summed E-state index contributed by atoms with van der Waals surface area (Å²) in [5.41, 5.74) is 0.513. The summed E-state index contributed by atoms with van der Waals surface area (Å²) in [6.07, 6.45) is 6.91. The number of nitrogens with zero attached hydrogens (tertiary/aromatic N) is 4. The summed E-state index contributed by atoms with van der Waals surface area (Å²) < 4.78 is 23.2. The molecule has 0 atom stereocenters. The molecule has 0 bridgehead atoms. The third-order valence-corrected chi connectivity index (χ3v) is 3.16. The van der Waals surface area contributed by atoms with Crippen LogP contribution < -0.4 is 9.47 Å². The highest BCUT2D eigenvalue weighted by Gasteiger charge is 2.11. The Hall–Kier alpha value is -3.62. The Bertz CT molecular complexity index is 905. The molecule has 0 aliphatic rings. The number of hydrogen-bond acceptors (Lipinski definition) is 7. The molecule has 0 aromatic carbocycles. The van der Waals surface area contributed by atoms with Crippen molar-refractivity contribution in [1.29, 1.82) is 0 Å². The lowest BCUT2D eigenvalue weighted by Gasteiger charge is -2.10. The van der Waals surface area contributed by atoms with Crippen LogP contribution in [0.15, 0.2) is 49.2 Å². The van der Waals surface area contributed by atoms with Crippen LogP contribution in [0.2, 0.25) is 0 Å². The molecule has 0 amide bonds. The van der Waals surface area contributed by atoms with Gasteiger partial charge in [-0.3, -0.25) is 4.98 Å². The molecule has 0 aliphatic carbocycles. The molecule has 26 heavy (non-hydrogen) atoms. The van der Waals surface area contributed by atoms with Gasteiger partial charge in [-0.25, -0.2) is 24.1 Å². The SMILES string of the molecule is O=C(O)c1cnc(-c2cncc(Oc3ncccc3OCCF)c2)nc1. The van der Waals surface area contributed by atoms with Gasteiger partial charge in [0.05, 0.1) is 11.8 Å². The fourth-order valence-electron chi connectivity index (χ4n) is 2.01. The van der Waals surface area contributed by atoms with Crippen molar-refractivity contribution < 1.29 is 23.8 Å². The van der Waals surface area contributed by atoms with Crippen molar-refractivity contribution in [3.05, 3.63) is 54.7 Å². The Morgan fingerprint density at radius 1 is 1.15 bits per heavy atom. The highest BCUT2D eigenvalue weighted by Crippen LogP contribution is 2.30. The van der Waals surface area contributed by atoms with Crippen LogP contribution >= 0.6 is 0 Å². The zero-order valence-electron chi connectivity index (χ0n) is 13.4. The number of halogens is 1. The van der Waals surface area contributed by atoms with Crippen LogP contribution in [0.3, 0.4) is 0 Å². The predicted octanol–water partition coefficient (Wildman–Crippen LogP) is 2.77. The number of carboxylic acid groups (broad SMARTS) is 1. The quantitative estimate of drug-likeness (QED) is 0.688. The summed E-state index contributed by atoms with van der Waals surface area (Å²) in [5.74, 6) is 0.00228. The molecule has 1 N–H and O–H groups in total. The molecule has 0 radical (unpaired) electrons. The van der Waals surface area contributed by atoms with Gasteiger partial charge in [-0.15, -0.1) is 0 Å². The lowest BCUT2D eigenvalue weighted by Crippen LogP contribution is -2.01. The number of aromatic carboxylic acids is 1. The third-order valence-electron chi connectivity index (χ3n) is 3.16. The van der Waals surface area contributed by atoms with E-state index in [0.29, 0.717) is 22.9 Å². The largest absolute Gasteiger partial charge is 0.485 e. The van der Waals surface area contributed by atoms with Crippen molar-refractivity contribution in [2.24, 2.45) is 0 Å². The van der Waals surface area contributed by atoms with Crippen LogP contribution in [-0.2, 0) is 0 Å². The number of carboxylic acids is 1. The van der Waals surface area contributed by atoms with Gasteiger partial charge in [0, 0.05) is 30.4 Å². The molecule has 3 rings (SSSR count). The first-order valence-corrected chi connectivity index (χ1v) is 7.50. The van der Waals surface area contributed by atoms with Crippen molar-refractivity contribution in [2.45, 2.75) is 0 Å². The van der Waals surface area contributed by atoms with Gasteiger partial charge in [-0.1, -0.05) is 0 Å². The van der Waals surface area contributed by atoms with Gasteiger partial charge in [-0.05, 0) is 18.2 Å². The van der Waals surface area contributed by atoms with E-state index in [0.717, 1.165) is 0 Å². The zero-order chi connectivity index (χ0) is 18.4. The number of ether oxygens (including phenoxy) is 2. The minimum atomic E-state index is -1.11. The molecule has 3 heterocycles. The van der Waals surface area contributed by atoms with Crippen molar-refractivity contribution in [3.63, 3.8) is 0 Å². The van der Waals surface area contributed by atoms with Gasteiger partial charge in [0.2, 0.25) is 0 Å². The second kappa shape index (κ2) is 7.97. The van der Waals surface area contributed by atoms with E-state index >= 15 is 0 Å². The maximum atomic E-state index is 12.3. The number of hydrogen-bond donors (Lipinski definition) is 1. The molecule has 9 heteroatoms. The number of pyridine rings is 2. The number of alkyl halides is 1. The van der Waals surface area contributed by atoms with E-state index in [1.54, 1.807) is 18.2 Å². The second-order valence-corrected chi connectivity index (χ2v) is 4.96. The first kappa shape index (κ1) is 17.2. The molecule has 0 unspecified atom stereocenters. The highest BCUT2D eigenvalue weighted by molar-refractivity contribution is 5.86. The van der Waals surface area contributed by atoms with Crippen LogP contribution in [0.5, 0.6) is 17.4 Å². The molecule has 0 saturated carbocycles. The summed E-state index contributed by atoms with van der Waals surface area (Å²) in [6.45, 7) is -0.737. The van der Waals surface area contributed by atoms with Gasteiger partial charge in [-0.2, -0.15) is 0 Å². The normalized spacial score (nSPS) is 10.3. The average molecular weight is 356 g/mol. The Morgan fingerprint density at radius 2 is 1.96 bits per heavy atom. The molecule has 0 spiro atoms. The van der Waals surface area contributed by atoms with Crippen molar-refractivity contribution in [3.8, 4) is 28.8 Å². The predicted molar refractivity (Wildman–Crippen MR) is 88.0 cm³/mol. The number of carbonyl (C=O) groups is 1. The fourth-order valence-corrected chi connectivity index (χ4v) is 2.01. The summed E-state index contributed by atoms with van der Waals surface area (Å²) in [4.78, 5) is 27.0. The van der Waals surface area contributed by atoms with Gasteiger partial charge in [0.15, 0.2) is 11.6 Å². The van der Waals surface area contributed by atoms with Crippen molar-refractivity contribution in [1.82, 2.24) is 19.9 Å². The van der Waals surface area contributed by atoms with Crippen molar-refractivity contribution >= 4 is 5.97 Å². The van der Waals surface area contributed by atoms with E-state index in [1.165, 1.54) is 31.0 Å². The number of aromatic nitrogens is 4. The second-order valence-electron chi connectivity index (χ2n) is 4.96. The maximum absolute atomic E-state index is 12.3. The molecule has 0 aliphatic heterocycles. The summed E-state index contributed by atoms with van der Waals surface area (Å²) in [5, 5.41) is 8.89. The zero-order valence-corrected chi connectivity index (χ0v) is 13.4. The van der Waals surface area contributed by atoms with E-state index in [2.05, 4.69) is 19.9 Å². The first-order chi connectivity index (χ1) is 12.7. The average Bonchev–Trinajstić information content (AvgIpc) is 2.67. The highest BCUT2D eigenvalue weighted by atomic mass is 19.1. The molecular formula is C17H13FN4O4. The van der Waals surface area contributed by atoms with Crippen molar-refractivity contribution in [2.75, 3.05) is 13.3 Å². The fraction of sp³-hybridized carbons (Fsp3) is 0.118. The van der Waals surface area contributed by atoms with Gasteiger partial charge in [0.25, 0.3) is 5.88 Å². The standard InChI is InChI=1S/C17H13FN4O4/c18-3-5-25-14-2-1-4-20-16(14)26-13-6-11(7-19-10-13)15-21-8-12(9-22-15)17(23)24/h1-2,4,6-10H,3,5H2,(H,23,24). The molecule has 0 saturated heterocycles. The van der Waals surface area contributed by atoms with Crippen LogP contribution in [0, 0.1) is 0 Å². The smallest absolute Gasteiger partial charge is 0.338 e. The Labute approximate surface area is 147 Å². The van der Waals surface area contributed by atoms with E-state index < -0.39 is 12.6 Å². The van der Waals surface area contributed by atoms with E-state index in [-0.39, 0.29) is 18.1 Å². The van der Waals surface area contributed by atoms with E-state index in [9.17, 15) is 9.18 Å². The van der Waals surface area contributed by atoms with Crippen LogP contribution in [0.1, 0.15) is 10.4 Å². The topological polar surface area (TPSA) is 107 Å². The van der Waals surface area contributed by atoms with E-state index in [4.69, 9.17) is 14.6 Å². The summed E-state index contributed by atoms with van der Waals surface area (Å²) in [6, 6.07) is 4.88. The van der Waals surface area contributed by atoms with Crippen LogP contribution in [0.25, 0.3) is 11.4 Å². The lowest BCUT2D eigenvalue weighted by molar-refractivity contribution is 0.0696. The van der Waals surface area contributed by atoms with Gasteiger partial charge >= 0.3 is 5.97 Å². The van der Waals surface area contributed by atoms with E-state index in [1.807, 2.05) is 0 Å². The lowest BCUT2D eigenvalue weighted by atomic mass is 10.2. The Balaban J connectivity index is 1.83. The minimum Gasteiger partial charge on any atom is -0.485 e. The molecular weight excluding hydrogens is 343 g/mol. The van der Waals surface area contributed by atoms with Crippen LogP contribution in [-0.4, -0.2) is 44.3 Å². The Morgan fingerprint density at radius 3 is 2.69 bits per heavy atom. The maximum Gasteiger partial charge on any atom is 0.338 e. The van der Waals surface area contributed by atoms with Crippen LogP contribution in [0.4, 0.5) is 4.39 Å². The molecule has 3 aromatic heterocycles. The molecule has 0 fully saturated rings. The molecule has 3 aromatic rings. The molecule has 8 nitrogen and oxygen atoms in total. The summed E-state index contributed by atoms with van der Waals surface area (Å²) >= 11 is 0. The van der Waals surface area contributed by atoms with Gasteiger partial charge in [0.1, 0.15) is 19.0 Å². The minimum absolute atomic E-state index is 0.0164. The monoisotopic (exact) mass is 356 g/mol. The third kappa shape index (κ3) is 4.07. The summed E-state index contributed by atoms with van der Waals surface area (Å²) in [7, 11) is 0. The molecule has 132 valence electrons. The first-order valence-electron chi connectivity index (χ1n) is 7.50. The Kier molecular flexibility index (Phi) is 5.28. The number of rotatable bonds is 7. The van der Waals surface area contributed by atoms with Gasteiger partial charge < -0.3 is 14.6 Å².